The van der Waals surface area contributed by atoms with Crippen molar-refractivity contribution >= 4 is 15.8 Å². The van der Waals surface area contributed by atoms with Gasteiger partial charge in [0.25, 0.3) is 0 Å². The standard InChI is InChI=1S/C12H14O5S/c13-12(14)8-18(15,16)7-9-5-6-17-11-4-2-1-3-10(9)11/h1-4,9H,5-8H2,(H,13,14). The third kappa shape index (κ3) is 3.01. The summed E-state index contributed by atoms with van der Waals surface area (Å²) in [4.78, 5) is 10.5. The van der Waals surface area contributed by atoms with E-state index in [9.17, 15) is 13.2 Å². The van der Waals surface area contributed by atoms with Crippen molar-refractivity contribution in [2.45, 2.75) is 12.3 Å². The second-order valence-corrected chi connectivity index (χ2v) is 6.43. The van der Waals surface area contributed by atoms with E-state index in [0.29, 0.717) is 18.8 Å². The van der Waals surface area contributed by atoms with Crippen LogP contribution in [0.4, 0.5) is 0 Å². The lowest BCUT2D eigenvalue weighted by atomic mass is 9.95. The Morgan fingerprint density at radius 2 is 2.11 bits per heavy atom. The fourth-order valence-corrected chi connectivity index (χ4v) is 3.60. The van der Waals surface area contributed by atoms with Gasteiger partial charge in [0.05, 0.1) is 12.4 Å². The molecule has 0 saturated carbocycles. The number of ether oxygens (including phenoxy) is 1. The van der Waals surface area contributed by atoms with Gasteiger partial charge in [0.1, 0.15) is 11.5 Å². The molecular formula is C12H14O5S. The van der Waals surface area contributed by atoms with Gasteiger partial charge in [-0.2, -0.15) is 0 Å². The molecule has 0 bridgehead atoms. The Bertz CT molecular complexity index is 549. The summed E-state index contributed by atoms with van der Waals surface area (Å²) >= 11 is 0. The van der Waals surface area contributed by atoms with E-state index in [1.807, 2.05) is 18.2 Å². The molecule has 98 valence electrons. The monoisotopic (exact) mass is 270 g/mol. The van der Waals surface area contributed by atoms with Crippen LogP contribution < -0.4 is 4.74 Å². The molecule has 1 aliphatic heterocycles. The maximum Gasteiger partial charge on any atom is 0.318 e. The number of carbonyl (C=O) groups is 1. The minimum Gasteiger partial charge on any atom is -0.493 e. The second-order valence-electron chi connectivity index (χ2n) is 4.32. The molecule has 0 spiro atoms. The lowest BCUT2D eigenvalue weighted by Gasteiger charge is -2.25. The maximum atomic E-state index is 11.7. The van der Waals surface area contributed by atoms with Gasteiger partial charge in [-0.05, 0) is 18.1 Å². The Morgan fingerprint density at radius 3 is 2.83 bits per heavy atom. The largest absolute Gasteiger partial charge is 0.493 e. The molecule has 0 amide bonds. The number of hydrogen-bond donors (Lipinski definition) is 1. The minimum absolute atomic E-state index is 0.139. The van der Waals surface area contributed by atoms with Crippen molar-refractivity contribution in [2.24, 2.45) is 0 Å². The zero-order chi connectivity index (χ0) is 13.2. The second kappa shape index (κ2) is 4.97. The fraction of sp³-hybridized carbons (Fsp3) is 0.417. The Labute approximate surface area is 105 Å². The summed E-state index contributed by atoms with van der Waals surface area (Å²) in [7, 11) is -3.58. The number of para-hydroxylation sites is 1. The van der Waals surface area contributed by atoms with Gasteiger partial charge < -0.3 is 9.84 Å². The number of benzene rings is 1. The first-order valence-corrected chi connectivity index (χ1v) is 7.44. The van der Waals surface area contributed by atoms with Gasteiger partial charge in [-0.1, -0.05) is 18.2 Å². The van der Waals surface area contributed by atoms with Crippen LogP contribution in [0.3, 0.4) is 0 Å². The van der Waals surface area contributed by atoms with Gasteiger partial charge in [0, 0.05) is 5.92 Å². The maximum absolute atomic E-state index is 11.7. The Hall–Kier alpha value is -1.56. The number of carboxylic acids is 1. The average molecular weight is 270 g/mol. The first-order chi connectivity index (χ1) is 8.48. The number of hydrogen-bond acceptors (Lipinski definition) is 4. The van der Waals surface area contributed by atoms with Gasteiger partial charge in [-0.15, -0.1) is 0 Å². The van der Waals surface area contributed by atoms with E-state index in [-0.39, 0.29) is 11.7 Å². The van der Waals surface area contributed by atoms with Gasteiger partial charge in [0.2, 0.25) is 0 Å². The van der Waals surface area contributed by atoms with Crippen LogP contribution in [-0.2, 0) is 14.6 Å². The van der Waals surface area contributed by atoms with E-state index < -0.39 is 21.6 Å². The molecule has 0 radical (unpaired) electrons. The van der Waals surface area contributed by atoms with E-state index >= 15 is 0 Å². The van der Waals surface area contributed by atoms with E-state index in [1.165, 1.54) is 0 Å². The van der Waals surface area contributed by atoms with Crippen molar-refractivity contribution in [2.75, 3.05) is 18.1 Å². The molecule has 1 unspecified atom stereocenters. The summed E-state index contributed by atoms with van der Waals surface area (Å²) in [6, 6.07) is 7.28. The molecule has 1 atom stereocenters. The normalized spacial score (nSPS) is 18.8. The van der Waals surface area contributed by atoms with E-state index in [2.05, 4.69) is 0 Å². The molecule has 6 heteroatoms. The molecule has 0 aliphatic carbocycles. The minimum atomic E-state index is -3.58. The summed E-state index contributed by atoms with van der Waals surface area (Å²) in [5, 5.41) is 8.57. The predicted molar refractivity (Wildman–Crippen MR) is 65.6 cm³/mol. The van der Waals surface area contributed by atoms with Crippen LogP contribution in [0.2, 0.25) is 0 Å². The van der Waals surface area contributed by atoms with Crippen LogP contribution in [0.1, 0.15) is 17.9 Å². The molecule has 1 aromatic rings. The van der Waals surface area contributed by atoms with Gasteiger partial charge in [0.15, 0.2) is 9.84 Å². The number of carboxylic acid groups (broad SMARTS) is 1. The number of sulfone groups is 1. The Morgan fingerprint density at radius 1 is 1.39 bits per heavy atom. The van der Waals surface area contributed by atoms with Crippen molar-refractivity contribution in [3.8, 4) is 5.75 Å². The highest BCUT2D eigenvalue weighted by molar-refractivity contribution is 7.92. The molecular weight excluding hydrogens is 256 g/mol. The third-order valence-corrected chi connectivity index (χ3v) is 4.48. The van der Waals surface area contributed by atoms with Crippen molar-refractivity contribution in [1.82, 2.24) is 0 Å². The molecule has 18 heavy (non-hydrogen) atoms. The summed E-state index contributed by atoms with van der Waals surface area (Å²) in [6.07, 6.45) is 0.593. The number of rotatable bonds is 4. The van der Waals surface area contributed by atoms with E-state index in [0.717, 1.165) is 5.56 Å². The highest BCUT2D eigenvalue weighted by atomic mass is 32.2. The summed E-state index contributed by atoms with van der Waals surface area (Å²) < 4.78 is 28.8. The molecule has 0 fully saturated rings. The van der Waals surface area contributed by atoms with Gasteiger partial charge in [-0.3, -0.25) is 4.79 Å². The first-order valence-electron chi connectivity index (χ1n) is 5.62. The highest BCUT2D eigenvalue weighted by Crippen LogP contribution is 2.34. The zero-order valence-corrected chi connectivity index (χ0v) is 10.5. The number of fused-ring (bicyclic) bond motifs is 1. The SMILES string of the molecule is O=C(O)CS(=O)(=O)CC1CCOc2ccccc21. The summed E-state index contributed by atoms with van der Waals surface area (Å²) in [5.41, 5.74) is 0.845. The van der Waals surface area contributed by atoms with Gasteiger partial charge >= 0.3 is 5.97 Å². The topological polar surface area (TPSA) is 80.7 Å². The Balaban J connectivity index is 2.19. The quantitative estimate of drug-likeness (QED) is 0.884. The molecule has 0 saturated heterocycles. The summed E-state index contributed by atoms with van der Waals surface area (Å²) in [5.74, 6) is -1.75. The zero-order valence-electron chi connectivity index (χ0n) is 9.70. The van der Waals surface area contributed by atoms with Crippen LogP contribution in [0.15, 0.2) is 24.3 Å². The molecule has 2 rings (SSSR count). The fourth-order valence-electron chi connectivity index (χ4n) is 2.14. The molecule has 0 aromatic heterocycles. The molecule has 5 nitrogen and oxygen atoms in total. The van der Waals surface area contributed by atoms with Crippen molar-refractivity contribution in [1.29, 1.82) is 0 Å². The molecule has 1 N–H and O–H groups in total. The van der Waals surface area contributed by atoms with Crippen LogP contribution in [-0.4, -0.2) is 37.6 Å². The van der Waals surface area contributed by atoms with Crippen LogP contribution >= 0.6 is 0 Å². The lowest BCUT2D eigenvalue weighted by molar-refractivity contribution is -0.134. The number of aliphatic carboxylic acids is 1. The molecule has 1 heterocycles. The Kier molecular flexibility index (Phi) is 3.56. The predicted octanol–water partition coefficient (Wildman–Crippen LogP) is 1.05. The average Bonchev–Trinajstić information content (AvgIpc) is 2.27. The highest BCUT2D eigenvalue weighted by Gasteiger charge is 2.27. The van der Waals surface area contributed by atoms with Gasteiger partial charge in [-0.25, -0.2) is 8.42 Å². The first kappa shape index (κ1) is 12.9. The summed E-state index contributed by atoms with van der Waals surface area (Å²) in [6.45, 7) is 0.463. The van der Waals surface area contributed by atoms with Crippen molar-refractivity contribution in [3.05, 3.63) is 29.8 Å². The smallest absolute Gasteiger partial charge is 0.318 e. The van der Waals surface area contributed by atoms with E-state index in [4.69, 9.17) is 9.84 Å². The van der Waals surface area contributed by atoms with Crippen molar-refractivity contribution < 1.29 is 23.1 Å². The molecule has 1 aromatic carbocycles. The van der Waals surface area contributed by atoms with Crippen LogP contribution in [0.25, 0.3) is 0 Å². The lowest BCUT2D eigenvalue weighted by Crippen LogP contribution is -2.25. The van der Waals surface area contributed by atoms with Crippen LogP contribution in [0, 0.1) is 0 Å². The van der Waals surface area contributed by atoms with E-state index in [1.54, 1.807) is 6.07 Å². The van der Waals surface area contributed by atoms with Crippen molar-refractivity contribution in [3.63, 3.8) is 0 Å². The third-order valence-electron chi connectivity index (χ3n) is 2.88. The van der Waals surface area contributed by atoms with Crippen LogP contribution in [0.5, 0.6) is 5.75 Å². The molecule has 1 aliphatic rings.